The number of benzene rings is 1. The van der Waals surface area contributed by atoms with Crippen molar-refractivity contribution < 1.29 is 8.42 Å². The summed E-state index contributed by atoms with van der Waals surface area (Å²) in [5.41, 5.74) is 1.96. The fourth-order valence-corrected chi connectivity index (χ4v) is 4.94. The number of aryl methyl sites for hydroxylation is 1. The number of aliphatic imine (C=N–C) groups is 1. The van der Waals surface area contributed by atoms with E-state index in [2.05, 4.69) is 27.6 Å². The Bertz CT molecular complexity index is 867. The molecule has 1 aliphatic heterocycles. The maximum absolute atomic E-state index is 13.0. The second-order valence-corrected chi connectivity index (χ2v) is 8.61. The van der Waals surface area contributed by atoms with Crippen LogP contribution in [-0.2, 0) is 16.6 Å². The predicted molar refractivity (Wildman–Crippen MR) is 101 cm³/mol. The number of fused-ring (bicyclic) bond motifs is 1. The van der Waals surface area contributed by atoms with Crippen LogP contribution in [0.25, 0.3) is 0 Å². The van der Waals surface area contributed by atoms with Crippen LogP contribution < -0.4 is 4.90 Å². The number of nitrogens with zero attached hydrogens (tertiary/aromatic N) is 3. The van der Waals surface area contributed by atoms with E-state index >= 15 is 0 Å². The molecule has 5 nitrogen and oxygen atoms in total. The van der Waals surface area contributed by atoms with Crippen molar-refractivity contribution in [2.75, 3.05) is 4.90 Å². The molecule has 1 aromatic heterocycles. The summed E-state index contributed by atoms with van der Waals surface area (Å²) in [5.74, 6) is 0.694. The van der Waals surface area contributed by atoms with Crippen molar-refractivity contribution in [1.82, 2.24) is 3.97 Å². The maximum Gasteiger partial charge on any atom is 0.269 e. The molecule has 7 heteroatoms. The van der Waals surface area contributed by atoms with Crippen molar-refractivity contribution in [2.45, 2.75) is 38.3 Å². The monoisotopic (exact) mass is 443 g/mol. The van der Waals surface area contributed by atoms with Crippen LogP contribution in [0.1, 0.15) is 25.0 Å². The second kappa shape index (κ2) is 5.94. The third-order valence-corrected chi connectivity index (χ3v) is 6.35. The molecule has 2 heterocycles. The molecule has 0 atom stereocenters. The fourth-order valence-electron chi connectivity index (χ4n) is 2.62. The zero-order valence-electron chi connectivity index (χ0n) is 13.2. The molecule has 0 saturated carbocycles. The van der Waals surface area contributed by atoms with Crippen molar-refractivity contribution in [3.05, 3.63) is 47.7 Å². The van der Waals surface area contributed by atoms with E-state index in [1.165, 1.54) is 3.97 Å². The first-order valence-corrected chi connectivity index (χ1v) is 9.86. The average Bonchev–Trinajstić information content (AvgIpc) is 2.91. The number of amidine groups is 1. The van der Waals surface area contributed by atoms with E-state index in [4.69, 9.17) is 0 Å². The summed E-state index contributed by atoms with van der Waals surface area (Å²) < 4.78 is 28.3. The van der Waals surface area contributed by atoms with Gasteiger partial charge in [-0.3, -0.25) is 4.99 Å². The summed E-state index contributed by atoms with van der Waals surface area (Å²) in [6.07, 6.45) is 1.62. The van der Waals surface area contributed by atoms with Crippen LogP contribution in [0.15, 0.2) is 46.4 Å². The molecule has 1 aliphatic rings. The van der Waals surface area contributed by atoms with Crippen LogP contribution in [-0.4, -0.2) is 22.3 Å². The van der Waals surface area contributed by atoms with Gasteiger partial charge < -0.3 is 4.90 Å². The highest BCUT2D eigenvalue weighted by atomic mass is 127. The first kappa shape index (κ1) is 16.5. The highest BCUT2D eigenvalue weighted by Gasteiger charge is 2.30. The number of rotatable bonds is 3. The lowest BCUT2D eigenvalue weighted by atomic mass is 10.2. The summed E-state index contributed by atoms with van der Waals surface area (Å²) in [4.78, 5) is 6.73. The fraction of sp³-hybridized carbons (Fsp3) is 0.312. The van der Waals surface area contributed by atoms with E-state index in [-0.39, 0.29) is 6.04 Å². The van der Waals surface area contributed by atoms with Crippen LogP contribution in [0.2, 0.25) is 0 Å². The number of halogens is 1. The molecule has 3 rings (SSSR count). The van der Waals surface area contributed by atoms with Crippen LogP contribution in [0, 0.1) is 6.92 Å². The molecule has 0 saturated heterocycles. The van der Waals surface area contributed by atoms with Gasteiger partial charge in [-0.15, -0.1) is 0 Å². The average molecular weight is 443 g/mol. The Balaban J connectivity index is 2.17. The second-order valence-electron chi connectivity index (χ2n) is 5.83. The minimum absolute atomic E-state index is 0.117. The van der Waals surface area contributed by atoms with Crippen molar-refractivity contribution in [1.29, 1.82) is 0 Å². The molecule has 1 aromatic carbocycles. The van der Waals surface area contributed by atoms with Gasteiger partial charge in [0.15, 0.2) is 3.84 Å². The van der Waals surface area contributed by atoms with Gasteiger partial charge in [-0.25, -0.2) is 12.4 Å². The predicted octanol–water partition coefficient (Wildman–Crippen LogP) is 3.55. The number of aromatic nitrogens is 1. The lowest BCUT2D eigenvalue weighted by Gasteiger charge is -2.31. The van der Waals surface area contributed by atoms with Crippen molar-refractivity contribution in [2.24, 2.45) is 4.99 Å². The van der Waals surface area contributed by atoms with Gasteiger partial charge in [0.05, 0.1) is 11.4 Å². The molecule has 0 spiro atoms. The first-order chi connectivity index (χ1) is 10.8. The number of hydrogen-bond acceptors (Lipinski definition) is 4. The van der Waals surface area contributed by atoms with Gasteiger partial charge in [0.1, 0.15) is 5.82 Å². The Hall–Kier alpha value is -1.35. The summed E-state index contributed by atoms with van der Waals surface area (Å²) >= 11 is 2.16. The lowest BCUT2D eigenvalue weighted by molar-refractivity contribution is 0.586. The molecule has 0 unspecified atom stereocenters. The molecule has 0 N–H and O–H groups in total. The molecule has 23 heavy (non-hydrogen) atoms. The quantitative estimate of drug-likeness (QED) is 0.539. The topological polar surface area (TPSA) is 54.7 Å². The van der Waals surface area contributed by atoms with Crippen LogP contribution in [0.5, 0.6) is 0 Å². The SMILES string of the molecule is Cc1ccc(S(=O)(=O)n2ccc3c2N(C(C)C)C(I)=NC3)cc1. The highest BCUT2D eigenvalue weighted by molar-refractivity contribution is 14.1. The Morgan fingerprint density at radius 2 is 1.83 bits per heavy atom. The Labute approximate surface area is 150 Å². The van der Waals surface area contributed by atoms with E-state index in [1.807, 2.05) is 43.9 Å². The molecular weight excluding hydrogens is 425 g/mol. The Kier molecular flexibility index (Phi) is 4.26. The third-order valence-electron chi connectivity index (χ3n) is 3.81. The van der Waals surface area contributed by atoms with Crippen molar-refractivity contribution >= 4 is 42.3 Å². The van der Waals surface area contributed by atoms with Crippen molar-refractivity contribution in [3.63, 3.8) is 0 Å². The summed E-state index contributed by atoms with van der Waals surface area (Å²) in [6, 6.07) is 8.88. The number of hydrogen-bond donors (Lipinski definition) is 0. The molecule has 0 amide bonds. The number of anilines is 1. The Morgan fingerprint density at radius 3 is 2.43 bits per heavy atom. The zero-order valence-corrected chi connectivity index (χ0v) is 16.2. The van der Waals surface area contributed by atoms with Crippen LogP contribution in [0.4, 0.5) is 5.82 Å². The summed E-state index contributed by atoms with van der Waals surface area (Å²) in [5, 5.41) is 0. The van der Waals surface area contributed by atoms with Gasteiger partial charge in [-0.05, 0) is 61.6 Å². The maximum atomic E-state index is 13.0. The third kappa shape index (κ3) is 2.80. The Morgan fingerprint density at radius 1 is 1.17 bits per heavy atom. The van der Waals surface area contributed by atoms with Crippen molar-refractivity contribution in [3.8, 4) is 0 Å². The van der Waals surface area contributed by atoms with Gasteiger partial charge in [0, 0.05) is 17.8 Å². The van der Waals surface area contributed by atoms with E-state index in [0.29, 0.717) is 17.3 Å². The lowest BCUT2D eigenvalue weighted by Crippen LogP contribution is -2.38. The van der Waals surface area contributed by atoms with Crippen LogP contribution >= 0.6 is 22.6 Å². The highest BCUT2D eigenvalue weighted by Crippen LogP contribution is 2.33. The largest absolute Gasteiger partial charge is 0.304 e. The smallest absolute Gasteiger partial charge is 0.269 e. The normalized spacial score (nSPS) is 14.8. The zero-order chi connectivity index (χ0) is 16.8. The molecule has 2 aromatic rings. The minimum atomic E-state index is -3.63. The van der Waals surface area contributed by atoms with E-state index < -0.39 is 10.0 Å². The summed E-state index contributed by atoms with van der Waals surface area (Å²) in [7, 11) is -3.63. The summed E-state index contributed by atoms with van der Waals surface area (Å²) in [6.45, 7) is 6.50. The van der Waals surface area contributed by atoms with E-state index in [0.717, 1.165) is 15.0 Å². The van der Waals surface area contributed by atoms with E-state index in [9.17, 15) is 8.42 Å². The standard InChI is InChI=1S/C16H18IN3O2S/c1-11(2)20-15-13(10-18-16(20)17)8-9-19(15)23(21,22)14-6-4-12(3)5-7-14/h4-9,11H,10H2,1-3H3. The molecule has 0 bridgehead atoms. The molecular formula is C16H18IN3O2S. The first-order valence-electron chi connectivity index (χ1n) is 7.34. The van der Waals surface area contributed by atoms with E-state index in [1.54, 1.807) is 18.3 Å². The van der Waals surface area contributed by atoms with Gasteiger partial charge in [0.25, 0.3) is 10.0 Å². The molecule has 0 aliphatic carbocycles. The molecule has 0 fully saturated rings. The van der Waals surface area contributed by atoms with Crippen LogP contribution in [0.3, 0.4) is 0 Å². The minimum Gasteiger partial charge on any atom is -0.304 e. The van der Waals surface area contributed by atoms with Gasteiger partial charge >= 0.3 is 0 Å². The van der Waals surface area contributed by atoms with Gasteiger partial charge in [-0.1, -0.05) is 17.7 Å². The van der Waals surface area contributed by atoms with Gasteiger partial charge in [0.2, 0.25) is 0 Å². The molecule has 122 valence electrons. The molecule has 0 radical (unpaired) electrons. The van der Waals surface area contributed by atoms with Gasteiger partial charge in [-0.2, -0.15) is 0 Å².